The van der Waals surface area contributed by atoms with E-state index in [0.29, 0.717) is 43.4 Å². The van der Waals surface area contributed by atoms with Gasteiger partial charge in [0.25, 0.3) is 5.91 Å². The largest absolute Gasteiger partial charge is 0.487 e. The second kappa shape index (κ2) is 9.15. The Kier molecular flexibility index (Phi) is 6.33. The van der Waals surface area contributed by atoms with Gasteiger partial charge in [-0.15, -0.1) is 0 Å². The van der Waals surface area contributed by atoms with Crippen LogP contribution >= 0.6 is 34.8 Å². The summed E-state index contributed by atoms with van der Waals surface area (Å²) in [6.07, 6.45) is 1.70. The SMILES string of the molecule is CC1=NN(c2ccccc2)C(=O)/C1=C/c1cc(Cl)cc(Cl)c1OCc1ccccc1Cl. The van der Waals surface area contributed by atoms with Gasteiger partial charge in [-0.2, -0.15) is 10.1 Å². The van der Waals surface area contributed by atoms with Gasteiger partial charge in [-0.3, -0.25) is 4.79 Å². The predicted octanol–water partition coefficient (Wildman–Crippen LogP) is 7.03. The summed E-state index contributed by atoms with van der Waals surface area (Å²) >= 11 is 18.9. The van der Waals surface area contributed by atoms with E-state index in [4.69, 9.17) is 39.5 Å². The predicted molar refractivity (Wildman–Crippen MR) is 127 cm³/mol. The average Bonchev–Trinajstić information content (AvgIpc) is 3.03. The van der Waals surface area contributed by atoms with Crippen LogP contribution in [-0.4, -0.2) is 11.6 Å². The highest BCUT2D eigenvalue weighted by Crippen LogP contribution is 2.36. The Hall–Kier alpha value is -2.79. The molecule has 0 radical (unpaired) electrons. The second-order valence-corrected chi connectivity index (χ2v) is 8.13. The summed E-state index contributed by atoms with van der Waals surface area (Å²) in [4.78, 5) is 13.0. The van der Waals surface area contributed by atoms with Gasteiger partial charge in [-0.05, 0) is 43.3 Å². The van der Waals surface area contributed by atoms with Gasteiger partial charge in [0.2, 0.25) is 0 Å². The molecular weight excluding hydrogens is 455 g/mol. The summed E-state index contributed by atoms with van der Waals surface area (Å²) in [7, 11) is 0. The third-order valence-corrected chi connectivity index (χ3v) is 5.60. The van der Waals surface area contributed by atoms with Gasteiger partial charge in [0, 0.05) is 21.2 Å². The van der Waals surface area contributed by atoms with Crippen LogP contribution in [-0.2, 0) is 11.4 Å². The second-order valence-electron chi connectivity index (χ2n) is 6.88. The number of ether oxygens (including phenoxy) is 1. The number of hydrogen-bond donors (Lipinski definition) is 0. The number of hydrogen-bond acceptors (Lipinski definition) is 3. The maximum Gasteiger partial charge on any atom is 0.280 e. The average molecular weight is 472 g/mol. The molecule has 1 aliphatic rings. The molecule has 0 unspecified atom stereocenters. The zero-order valence-corrected chi connectivity index (χ0v) is 18.7. The molecule has 0 spiro atoms. The Bertz CT molecular complexity index is 1210. The fourth-order valence-corrected chi connectivity index (χ4v) is 3.94. The van der Waals surface area contributed by atoms with Gasteiger partial charge in [0.05, 0.1) is 22.0 Å². The van der Waals surface area contributed by atoms with Crippen LogP contribution in [0.5, 0.6) is 5.75 Å². The first kappa shape index (κ1) is 21.4. The highest BCUT2D eigenvalue weighted by Gasteiger charge is 2.29. The molecule has 3 aromatic carbocycles. The summed E-state index contributed by atoms with van der Waals surface area (Å²) < 4.78 is 6.00. The van der Waals surface area contributed by atoms with Crippen LogP contribution in [0, 0.1) is 0 Å². The van der Waals surface area contributed by atoms with Crippen LogP contribution in [0.2, 0.25) is 15.1 Å². The summed E-state index contributed by atoms with van der Waals surface area (Å²) in [5, 5.41) is 7.15. The van der Waals surface area contributed by atoms with Crippen LogP contribution in [0.4, 0.5) is 5.69 Å². The van der Waals surface area contributed by atoms with Crippen molar-refractivity contribution in [3.63, 3.8) is 0 Å². The Morgan fingerprint density at radius 1 is 0.968 bits per heavy atom. The summed E-state index contributed by atoms with van der Waals surface area (Å²) in [5.74, 6) is 0.175. The number of para-hydroxylation sites is 1. The van der Waals surface area contributed by atoms with E-state index in [9.17, 15) is 4.79 Å². The molecule has 0 saturated carbocycles. The van der Waals surface area contributed by atoms with Gasteiger partial charge >= 0.3 is 0 Å². The topological polar surface area (TPSA) is 41.9 Å². The number of rotatable bonds is 5. The molecule has 0 bridgehead atoms. The van der Waals surface area contributed by atoms with Crippen LogP contribution in [0.15, 0.2) is 77.4 Å². The van der Waals surface area contributed by atoms with Crippen molar-refractivity contribution in [1.82, 2.24) is 0 Å². The molecule has 0 N–H and O–H groups in total. The first-order chi connectivity index (χ1) is 14.9. The van der Waals surface area contributed by atoms with Crippen molar-refractivity contribution in [2.75, 3.05) is 5.01 Å². The number of halogens is 3. The number of nitrogens with zero attached hydrogens (tertiary/aromatic N) is 2. The molecule has 156 valence electrons. The van der Waals surface area contributed by atoms with E-state index < -0.39 is 0 Å². The first-order valence-electron chi connectivity index (χ1n) is 9.46. The molecule has 0 saturated heterocycles. The minimum atomic E-state index is -0.239. The van der Waals surface area contributed by atoms with E-state index >= 15 is 0 Å². The molecule has 1 heterocycles. The molecule has 0 aromatic heterocycles. The van der Waals surface area contributed by atoms with Gasteiger partial charge in [-0.1, -0.05) is 71.2 Å². The zero-order valence-electron chi connectivity index (χ0n) is 16.5. The normalized spacial score (nSPS) is 14.8. The lowest BCUT2D eigenvalue weighted by Gasteiger charge is -2.14. The molecule has 0 fully saturated rings. The van der Waals surface area contributed by atoms with Crippen molar-refractivity contribution < 1.29 is 9.53 Å². The lowest BCUT2D eigenvalue weighted by atomic mass is 10.1. The summed E-state index contributed by atoms with van der Waals surface area (Å²) in [6.45, 7) is 2.00. The monoisotopic (exact) mass is 470 g/mol. The molecule has 4 rings (SSSR count). The number of carbonyl (C=O) groups excluding carboxylic acids is 1. The third-order valence-electron chi connectivity index (χ3n) is 4.73. The van der Waals surface area contributed by atoms with Crippen molar-refractivity contribution >= 4 is 58.2 Å². The van der Waals surface area contributed by atoms with Crippen molar-refractivity contribution in [1.29, 1.82) is 0 Å². The van der Waals surface area contributed by atoms with Gasteiger partial charge < -0.3 is 4.74 Å². The highest BCUT2D eigenvalue weighted by atomic mass is 35.5. The van der Waals surface area contributed by atoms with Gasteiger partial charge in [-0.25, -0.2) is 0 Å². The fourth-order valence-electron chi connectivity index (χ4n) is 3.19. The Morgan fingerprint density at radius 2 is 1.68 bits per heavy atom. The fraction of sp³-hybridized carbons (Fsp3) is 0.0833. The lowest BCUT2D eigenvalue weighted by Crippen LogP contribution is -2.21. The van der Waals surface area contributed by atoms with E-state index in [1.165, 1.54) is 5.01 Å². The Balaban J connectivity index is 1.68. The number of anilines is 1. The molecular formula is C24H17Cl3N2O2. The van der Waals surface area contributed by atoms with Crippen molar-refractivity contribution in [2.45, 2.75) is 13.5 Å². The molecule has 3 aromatic rings. The number of carbonyl (C=O) groups is 1. The zero-order chi connectivity index (χ0) is 22.0. The third kappa shape index (κ3) is 4.62. The van der Waals surface area contributed by atoms with E-state index in [0.717, 1.165) is 5.56 Å². The van der Waals surface area contributed by atoms with Crippen LogP contribution in [0.25, 0.3) is 6.08 Å². The maximum atomic E-state index is 13.0. The lowest BCUT2D eigenvalue weighted by molar-refractivity contribution is -0.114. The smallest absolute Gasteiger partial charge is 0.280 e. The van der Waals surface area contributed by atoms with Crippen molar-refractivity contribution in [3.8, 4) is 5.75 Å². The first-order valence-corrected chi connectivity index (χ1v) is 10.6. The highest BCUT2D eigenvalue weighted by molar-refractivity contribution is 6.36. The van der Waals surface area contributed by atoms with Gasteiger partial charge in [0.1, 0.15) is 12.4 Å². The quantitative estimate of drug-likeness (QED) is 0.375. The summed E-state index contributed by atoms with van der Waals surface area (Å²) in [6, 6.07) is 19.9. The molecule has 7 heteroatoms. The van der Waals surface area contributed by atoms with Gasteiger partial charge in [0.15, 0.2) is 0 Å². The number of amides is 1. The maximum absolute atomic E-state index is 13.0. The molecule has 1 aliphatic heterocycles. The Morgan fingerprint density at radius 3 is 2.42 bits per heavy atom. The molecule has 4 nitrogen and oxygen atoms in total. The van der Waals surface area contributed by atoms with Crippen molar-refractivity contribution in [3.05, 3.63) is 98.5 Å². The van der Waals surface area contributed by atoms with E-state index in [1.807, 2.05) is 48.5 Å². The molecule has 0 atom stereocenters. The standard InChI is InChI=1S/C24H17Cl3N2O2/c1-15-20(24(30)29(28-15)19-8-3-2-4-9-19)12-17-11-18(25)13-22(27)23(17)31-14-16-7-5-6-10-21(16)26/h2-13H,14H2,1H3/b20-12+. The number of hydrazone groups is 1. The minimum absolute atomic E-state index is 0.217. The number of benzene rings is 3. The Labute approximate surface area is 195 Å². The van der Waals surface area contributed by atoms with Crippen LogP contribution < -0.4 is 9.75 Å². The van der Waals surface area contributed by atoms with E-state index in [1.54, 1.807) is 31.2 Å². The van der Waals surface area contributed by atoms with E-state index in [2.05, 4.69) is 5.10 Å². The summed E-state index contributed by atoms with van der Waals surface area (Å²) in [5.41, 5.74) is 3.11. The molecule has 0 aliphatic carbocycles. The minimum Gasteiger partial charge on any atom is -0.487 e. The van der Waals surface area contributed by atoms with Crippen molar-refractivity contribution in [2.24, 2.45) is 5.10 Å². The van der Waals surface area contributed by atoms with E-state index in [-0.39, 0.29) is 12.5 Å². The molecule has 1 amide bonds. The van der Waals surface area contributed by atoms with Crippen LogP contribution in [0.3, 0.4) is 0 Å². The van der Waals surface area contributed by atoms with Crippen LogP contribution in [0.1, 0.15) is 18.1 Å². The molecule has 31 heavy (non-hydrogen) atoms.